The molecule has 0 saturated heterocycles. The highest BCUT2D eigenvalue weighted by molar-refractivity contribution is 5.54. The summed E-state index contributed by atoms with van der Waals surface area (Å²) in [6, 6.07) is 7.25. The smallest absolute Gasteiger partial charge is 0.257 e. The van der Waals surface area contributed by atoms with Gasteiger partial charge in [-0.15, -0.1) is 0 Å². The van der Waals surface area contributed by atoms with Gasteiger partial charge in [-0.25, -0.2) is 0 Å². The van der Waals surface area contributed by atoms with E-state index < -0.39 is 0 Å². The van der Waals surface area contributed by atoms with Gasteiger partial charge >= 0.3 is 0 Å². The lowest BCUT2D eigenvalue weighted by Crippen LogP contribution is -2.10. The zero-order valence-electron chi connectivity index (χ0n) is 9.88. The molecule has 2 aromatic rings. The van der Waals surface area contributed by atoms with Crippen LogP contribution < -0.4 is 10.5 Å². The highest BCUT2D eigenvalue weighted by atomic mass is 16.5. The molecule has 5 heteroatoms. The largest absolute Gasteiger partial charge is 0.497 e. The second-order valence-electron chi connectivity index (χ2n) is 3.70. The van der Waals surface area contributed by atoms with Crippen LogP contribution in [-0.2, 0) is 0 Å². The molecule has 0 fully saturated rings. The highest BCUT2D eigenvalue weighted by Crippen LogP contribution is 2.22. The Hall–Kier alpha value is -1.88. The van der Waals surface area contributed by atoms with Crippen molar-refractivity contribution in [3.8, 4) is 17.2 Å². The van der Waals surface area contributed by atoms with E-state index in [0.29, 0.717) is 11.7 Å². The highest BCUT2D eigenvalue weighted by Gasteiger charge is 2.13. The molecule has 0 spiro atoms. The van der Waals surface area contributed by atoms with Crippen molar-refractivity contribution < 1.29 is 9.26 Å². The first-order valence-electron chi connectivity index (χ1n) is 5.48. The standard InChI is InChI=1S/C12H15N3O2/c1-3-10(13)11-14-12(17-15-11)8-4-6-9(16-2)7-5-8/h4-7,10H,3,13H2,1-2H3. The van der Waals surface area contributed by atoms with E-state index in [-0.39, 0.29) is 6.04 Å². The summed E-state index contributed by atoms with van der Waals surface area (Å²) in [5, 5.41) is 3.86. The van der Waals surface area contributed by atoms with Gasteiger partial charge < -0.3 is 15.0 Å². The number of nitrogens with two attached hydrogens (primary N) is 1. The third-order valence-corrected chi connectivity index (χ3v) is 2.55. The molecular weight excluding hydrogens is 218 g/mol. The molecule has 1 atom stereocenters. The van der Waals surface area contributed by atoms with Crippen LogP contribution in [0.5, 0.6) is 5.75 Å². The summed E-state index contributed by atoms with van der Waals surface area (Å²) < 4.78 is 10.2. The van der Waals surface area contributed by atoms with E-state index in [0.717, 1.165) is 17.7 Å². The minimum Gasteiger partial charge on any atom is -0.497 e. The van der Waals surface area contributed by atoms with Crippen molar-refractivity contribution in [2.24, 2.45) is 5.73 Å². The van der Waals surface area contributed by atoms with E-state index in [1.807, 2.05) is 31.2 Å². The first-order chi connectivity index (χ1) is 8.24. The molecule has 0 amide bonds. The normalized spacial score (nSPS) is 12.4. The molecule has 1 aromatic carbocycles. The van der Waals surface area contributed by atoms with E-state index in [1.54, 1.807) is 7.11 Å². The van der Waals surface area contributed by atoms with Crippen molar-refractivity contribution in [1.29, 1.82) is 0 Å². The van der Waals surface area contributed by atoms with E-state index in [4.69, 9.17) is 15.0 Å². The molecule has 90 valence electrons. The summed E-state index contributed by atoms with van der Waals surface area (Å²) in [7, 11) is 1.63. The Kier molecular flexibility index (Phi) is 3.39. The molecule has 5 nitrogen and oxygen atoms in total. The molecule has 0 aliphatic carbocycles. The number of methoxy groups -OCH3 is 1. The molecule has 0 radical (unpaired) electrons. The number of hydrogen-bond acceptors (Lipinski definition) is 5. The summed E-state index contributed by atoms with van der Waals surface area (Å²) in [4.78, 5) is 4.26. The Morgan fingerprint density at radius 2 is 2.06 bits per heavy atom. The van der Waals surface area contributed by atoms with Crippen molar-refractivity contribution in [3.63, 3.8) is 0 Å². The fraction of sp³-hybridized carbons (Fsp3) is 0.333. The molecule has 0 aliphatic heterocycles. The maximum atomic E-state index is 5.83. The lowest BCUT2D eigenvalue weighted by atomic mass is 10.2. The van der Waals surface area contributed by atoms with Crippen molar-refractivity contribution in [1.82, 2.24) is 10.1 Å². The van der Waals surface area contributed by atoms with Gasteiger partial charge in [0.25, 0.3) is 5.89 Å². The zero-order chi connectivity index (χ0) is 12.3. The van der Waals surface area contributed by atoms with Crippen molar-refractivity contribution in [2.45, 2.75) is 19.4 Å². The van der Waals surface area contributed by atoms with Gasteiger partial charge in [-0.3, -0.25) is 0 Å². The van der Waals surface area contributed by atoms with Crippen molar-refractivity contribution >= 4 is 0 Å². The molecule has 1 aromatic heterocycles. The molecule has 1 unspecified atom stereocenters. The van der Waals surface area contributed by atoms with Gasteiger partial charge in [0.15, 0.2) is 5.82 Å². The van der Waals surface area contributed by atoms with Crippen molar-refractivity contribution in [2.75, 3.05) is 7.11 Å². The summed E-state index contributed by atoms with van der Waals surface area (Å²) in [5.41, 5.74) is 6.68. The van der Waals surface area contributed by atoms with E-state index in [2.05, 4.69) is 10.1 Å². The monoisotopic (exact) mass is 233 g/mol. The SMILES string of the molecule is CCC(N)c1noc(-c2ccc(OC)cc2)n1. The van der Waals surface area contributed by atoms with Gasteiger partial charge in [0.05, 0.1) is 13.2 Å². The van der Waals surface area contributed by atoms with E-state index in [9.17, 15) is 0 Å². The average molecular weight is 233 g/mol. The van der Waals surface area contributed by atoms with Crippen LogP contribution in [0.3, 0.4) is 0 Å². The first kappa shape index (κ1) is 11.6. The molecule has 17 heavy (non-hydrogen) atoms. The van der Waals surface area contributed by atoms with Crippen LogP contribution in [-0.4, -0.2) is 17.3 Å². The van der Waals surface area contributed by atoms with Crippen LogP contribution in [0.2, 0.25) is 0 Å². The number of nitrogens with zero attached hydrogens (tertiary/aromatic N) is 2. The maximum absolute atomic E-state index is 5.83. The Balaban J connectivity index is 2.24. The minimum atomic E-state index is -0.175. The number of benzene rings is 1. The second kappa shape index (κ2) is 4.97. The van der Waals surface area contributed by atoms with Gasteiger partial charge in [-0.2, -0.15) is 4.98 Å². The number of aromatic nitrogens is 2. The molecule has 0 aliphatic rings. The third kappa shape index (κ3) is 2.45. The first-order valence-corrected chi connectivity index (χ1v) is 5.48. The summed E-state index contributed by atoms with van der Waals surface area (Å²) in [6.07, 6.45) is 0.779. The zero-order valence-corrected chi connectivity index (χ0v) is 9.88. The average Bonchev–Trinajstić information content (AvgIpc) is 2.87. The van der Waals surface area contributed by atoms with Crippen LogP contribution in [0, 0.1) is 0 Å². The number of hydrogen-bond donors (Lipinski definition) is 1. The van der Waals surface area contributed by atoms with Gasteiger partial charge in [0, 0.05) is 5.56 Å². The van der Waals surface area contributed by atoms with E-state index in [1.165, 1.54) is 0 Å². The van der Waals surface area contributed by atoms with Gasteiger partial charge in [-0.1, -0.05) is 12.1 Å². The molecule has 1 heterocycles. The summed E-state index contributed by atoms with van der Waals surface area (Å²) in [5.74, 6) is 1.81. The van der Waals surface area contributed by atoms with Crippen LogP contribution in [0.1, 0.15) is 25.2 Å². The van der Waals surface area contributed by atoms with Crippen LogP contribution in [0.15, 0.2) is 28.8 Å². The fourth-order valence-electron chi connectivity index (χ4n) is 1.42. The Morgan fingerprint density at radius 3 is 2.65 bits per heavy atom. The minimum absolute atomic E-state index is 0.175. The van der Waals surface area contributed by atoms with Gasteiger partial charge in [-0.05, 0) is 30.7 Å². The summed E-state index contributed by atoms with van der Waals surface area (Å²) >= 11 is 0. The fourth-order valence-corrected chi connectivity index (χ4v) is 1.42. The maximum Gasteiger partial charge on any atom is 0.257 e. The Labute approximate surface area is 99.6 Å². The van der Waals surface area contributed by atoms with Gasteiger partial charge in [0.2, 0.25) is 0 Å². The third-order valence-electron chi connectivity index (χ3n) is 2.55. The quantitative estimate of drug-likeness (QED) is 0.875. The second-order valence-corrected chi connectivity index (χ2v) is 3.70. The molecule has 2 rings (SSSR count). The van der Waals surface area contributed by atoms with Crippen LogP contribution in [0.25, 0.3) is 11.5 Å². The van der Waals surface area contributed by atoms with E-state index >= 15 is 0 Å². The van der Waals surface area contributed by atoms with Crippen LogP contribution in [0.4, 0.5) is 0 Å². The van der Waals surface area contributed by atoms with Crippen LogP contribution >= 0.6 is 0 Å². The molecular formula is C12H15N3O2. The Morgan fingerprint density at radius 1 is 1.35 bits per heavy atom. The predicted octanol–water partition coefficient (Wildman–Crippen LogP) is 2.16. The van der Waals surface area contributed by atoms with Crippen molar-refractivity contribution in [3.05, 3.63) is 30.1 Å². The lowest BCUT2D eigenvalue weighted by molar-refractivity contribution is 0.412. The Bertz CT molecular complexity index is 479. The molecule has 0 bridgehead atoms. The molecule has 2 N–H and O–H groups in total. The van der Waals surface area contributed by atoms with Gasteiger partial charge in [0.1, 0.15) is 5.75 Å². The summed E-state index contributed by atoms with van der Waals surface area (Å²) in [6.45, 7) is 1.98. The molecule has 0 saturated carbocycles. The number of ether oxygens (including phenoxy) is 1. The topological polar surface area (TPSA) is 74.2 Å². The predicted molar refractivity (Wildman–Crippen MR) is 63.5 cm³/mol. The lowest BCUT2D eigenvalue weighted by Gasteiger charge is -2.00. The number of rotatable bonds is 4.